The van der Waals surface area contributed by atoms with Crippen molar-refractivity contribution in [3.63, 3.8) is 0 Å². The van der Waals surface area contributed by atoms with Gasteiger partial charge in [0.15, 0.2) is 5.65 Å². The summed E-state index contributed by atoms with van der Waals surface area (Å²) in [5.41, 5.74) is -0.798. The number of para-hydroxylation sites is 1. The molecule has 20 heteroatoms. The Hall–Kier alpha value is -5.92. The molecule has 4 heterocycles. The van der Waals surface area contributed by atoms with Crippen molar-refractivity contribution in [2.45, 2.75) is 125 Å². The molecule has 2 aliphatic heterocycles. The lowest BCUT2D eigenvalue weighted by atomic mass is 10.0. The Bertz CT molecular complexity index is 2610. The molecule has 5 atom stereocenters. The lowest BCUT2D eigenvalue weighted by molar-refractivity contribution is -0.274. The monoisotopic (exact) mass is 907 g/mol. The first-order valence-electron chi connectivity index (χ1n) is 21.8. The van der Waals surface area contributed by atoms with Gasteiger partial charge in [0, 0.05) is 29.4 Å². The van der Waals surface area contributed by atoms with E-state index in [0.29, 0.717) is 55.8 Å². The van der Waals surface area contributed by atoms with Gasteiger partial charge in [-0.25, -0.2) is 18.2 Å². The highest BCUT2D eigenvalue weighted by Crippen LogP contribution is 2.46. The van der Waals surface area contributed by atoms with E-state index in [4.69, 9.17) is 14.5 Å². The van der Waals surface area contributed by atoms with Crippen molar-refractivity contribution >= 4 is 50.4 Å². The number of benzene rings is 2. The molecule has 0 spiro atoms. The molecule has 4 fully saturated rings. The van der Waals surface area contributed by atoms with Gasteiger partial charge in [0.25, 0.3) is 5.91 Å². The minimum Gasteiger partial charge on any atom is -0.472 e. The number of nitrogens with one attached hydrogen (secondary N) is 3. The first kappa shape index (κ1) is 43.3. The van der Waals surface area contributed by atoms with Crippen LogP contribution in [0.4, 0.5) is 18.0 Å². The maximum atomic E-state index is 14.8. The van der Waals surface area contributed by atoms with E-state index < -0.39 is 80.8 Å². The molecule has 0 bridgehead atoms. The number of ether oxygens (including phenoxy) is 3. The highest BCUT2D eigenvalue weighted by atomic mass is 32.2. The van der Waals surface area contributed by atoms with Crippen LogP contribution < -0.4 is 24.8 Å². The van der Waals surface area contributed by atoms with E-state index in [1.165, 1.54) is 39.7 Å². The van der Waals surface area contributed by atoms with Gasteiger partial charge in [-0.1, -0.05) is 49.3 Å². The van der Waals surface area contributed by atoms with E-state index in [-0.39, 0.29) is 54.7 Å². The van der Waals surface area contributed by atoms with Crippen molar-refractivity contribution in [2.75, 3.05) is 6.54 Å². The zero-order chi connectivity index (χ0) is 44.8. The maximum absolute atomic E-state index is 14.8. The van der Waals surface area contributed by atoms with Gasteiger partial charge in [-0.15, -0.1) is 13.2 Å². The summed E-state index contributed by atoms with van der Waals surface area (Å²) in [6, 6.07) is 11.5. The number of carbonyl (C=O) groups excluding carboxylic acids is 4. The van der Waals surface area contributed by atoms with Crippen LogP contribution in [0.25, 0.3) is 27.8 Å². The number of alkyl carbamates (subject to hydrolysis) is 1. The van der Waals surface area contributed by atoms with Crippen LogP contribution in [-0.4, -0.2) is 99.7 Å². The van der Waals surface area contributed by atoms with Gasteiger partial charge in [0.1, 0.15) is 35.6 Å². The second-order valence-electron chi connectivity index (χ2n) is 17.3. The van der Waals surface area contributed by atoms with Crippen LogP contribution in [0, 0.1) is 5.92 Å². The number of rotatable bonds is 9. The normalized spacial score (nSPS) is 26.3. The largest absolute Gasteiger partial charge is 0.573 e. The third kappa shape index (κ3) is 9.19. The van der Waals surface area contributed by atoms with E-state index >= 15 is 0 Å². The smallest absolute Gasteiger partial charge is 0.472 e. The van der Waals surface area contributed by atoms with Crippen molar-refractivity contribution in [2.24, 2.45) is 5.92 Å². The van der Waals surface area contributed by atoms with Gasteiger partial charge in [-0.3, -0.25) is 19.1 Å². The van der Waals surface area contributed by atoms with Gasteiger partial charge < -0.3 is 29.7 Å². The van der Waals surface area contributed by atoms with Gasteiger partial charge in [-0.05, 0) is 88.5 Å². The number of sulfonamides is 1. The van der Waals surface area contributed by atoms with Crippen molar-refractivity contribution < 1.29 is 55.0 Å². The number of hydrogen-bond acceptors (Lipinski definition) is 11. The Kier molecular flexibility index (Phi) is 11.7. The van der Waals surface area contributed by atoms with Crippen LogP contribution >= 0.6 is 0 Å². The maximum Gasteiger partial charge on any atom is 0.573 e. The Morgan fingerprint density at radius 2 is 1.67 bits per heavy atom. The first-order valence-corrected chi connectivity index (χ1v) is 23.3. The zero-order valence-corrected chi connectivity index (χ0v) is 35.5. The highest BCUT2D eigenvalue weighted by Gasteiger charge is 2.62. The molecule has 0 unspecified atom stereocenters. The van der Waals surface area contributed by atoms with Crippen LogP contribution in [-0.2, 0) is 29.1 Å². The molecular weight excluding hydrogens is 860 g/mol. The summed E-state index contributed by atoms with van der Waals surface area (Å²) in [4.78, 5) is 62.6. The van der Waals surface area contributed by atoms with Gasteiger partial charge in [0.05, 0.1) is 23.0 Å². The predicted octanol–water partition coefficient (Wildman–Crippen LogP) is 5.84. The lowest BCUT2D eigenvalue weighted by Gasteiger charge is -2.30. The van der Waals surface area contributed by atoms with Crippen molar-refractivity contribution in [1.82, 2.24) is 34.9 Å². The molecule has 3 aliphatic carbocycles. The zero-order valence-electron chi connectivity index (χ0n) is 34.7. The van der Waals surface area contributed by atoms with E-state index in [2.05, 4.69) is 25.2 Å². The van der Waals surface area contributed by atoms with Crippen LogP contribution in [0.5, 0.6) is 11.6 Å². The second-order valence-corrected chi connectivity index (χ2v) is 19.2. The molecule has 16 nitrogen and oxygen atoms in total. The molecule has 3 N–H and O–H groups in total. The summed E-state index contributed by atoms with van der Waals surface area (Å²) < 4.78 is 86.9. The highest BCUT2D eigenvalue weighted by molar-refractivity contribution is 7.91. The molecule has 9 rings (SSSR count). The van der Waals surface area contributed by atoms with E-state index in [1.54, 1.807) is 24.3 Å². The summed E-state index contributed by atoms with van der Waals surface area (Å²) >= 11 is 0. The van der Waals surface area contributed by atoms with Gasteiger partial charge >= 0.3 is 12.5 Å². The quantitative estimate of drug-likeness (QED) is 0.171. The number of nitrogens with zero attached hydrogens (tertiary/aromatic N) is 4. The molecule has 2 aromatic carbocycles. The van der Waals surface area contributed by atoms with Crippen molar-refractivity contribution in [3.8, 4) is 22.9 Å². The first-order chi connectivity index (χ1) is 30.7. The third-order valence-corrected chi connectivity index (χ3v) is 14.5. The number of alkyl halides is 3. The summed E-state index contributed by atoms with van der Waals surface area (Å²) in [5, 5.41) is 10.1. The molecule has 4 amide bonds. The van der Waals surface area contributed by atoms with Crippen LogP contribution in [0.2, 0.25) is 0 Å². The SMILES string of the molecule is O=C(N[C@H]1CCCCC/C=C\[C@H]2C[C@@]2(C(=O)NS(=O)(=O)C2CC2)NC(=O)[C@@H]2C[C@@H](Oc3cc(-c4ccccc4OC(F)(F)F)nc4c5ccccc5nn34)CN2C1=O)OC1CCCC1. The Labute approximate surface area is 366 Å². The fraction of sp³-hybridized carbons (Fsp3) is 0.500. The summed E-state index contributed by atoms with van der Waals surface area (Å²) in [6.45, 7) is -0.195. The number of amides is 4. The number of hydrogen-bond donors (Lipinski definition) is 3. The Morgan fingerprint density at radius 1 is 0.922 bits per heavy atom. The number of aromatic nitrogens is 3. The molecule has 3 saturated carbocycles. The Balaban J connectivity index is 1.07. The summed E-state index contributed by atoms with van der Waals surface area (Å²) in [5.74, 6) is -3.18. The number of fused-ring (bicyclic) bond motifs is 5. The average Bonchev–Trinajstić information content (AvgIpc) is 4.06. The molecule has 1 saturated heterocycles. The molecule has 64 heavy (non-hydrogen) atoms. The number of carbonyl (C=O) groups is 4. The minimum atomic E-state index is -5.00. The standard InChI is InChI=1S/C44H48F3N7O9S/c45-44(46,47)63-36-19-11-9-15-30(36)34-23-37(54-38(48-34)31-16-8-10-17-32(31)51-54)61-28-22-35-39(55)50-43(41(57)52-64(59,60)29-20-21-29)24-26(43)12-4-2-1-3-5-18-33(40(56)53(35)25-28)49-42(58)62-27-13-6-7-14-27/h4,8-12,15-17,19,23,26-29,33,35H,1-3,5-7,13-14,18,20-22,24-25H2,(H,49,58)(H,50,55)(H,52,57)/b12-4-/t26-,28+,33-,35-,43+/m0/s1. The van der Waals surface area contributed by atoms with Crippen molar-refractivity contribution in [1.29, 1.82) is 0 Å². The fourth-order valence-electron chi connectivity index (χ4n) is 9.07. The van der Waals surface area contributed by atoms with Crippen LogP contribution in [0.15, 0.2) is 66.7 Å². The van der Waals surface area contributed by atoms with Gasteiger partial charge in [-0.2, -0.15) is 9.61 Å². The van der Waals surface area contributed by atoms with Crippen LogP contribution in [0.3, 0.4) is 0 Å². The summed E-state index contributed by atoms with van der Waals surface area (Å²) in [6.07, 6.45) is 3.69. The third-order valence-electron chi connectivity index (χ3n) is 12.6. The number of allylic oxidation sites excluding steroid dienone is 1. The Morgan fingerprint density at radius 3 is 2.45 bits per heavy atom. The van der Waals surface area contributed by atoms with E-state index in [1.807, 2.05) is 12.2 Å². The second kappa shape index (κ2) is 17.2. The molecule has 0 radical (unpaired) electrons. The van der Waals surface area contributed by atoms with Gasteiger partial charge in [0.2, 0.25) is 27.7 Å². The van der Waals surface area contributed by atoms with E-state index in [0.717, 1.165) is 19.3 Å². The molecule has 5 aliphatic rings. The number of halogens is 3. The molecule has 2 aromatic heterocycles. The topological polar surface area (TPSA) is 200 Å². The minimum absolute atomic E-state index is 0.00446. The predicted molar refractivity (Wildman–Crippen MR) is 224 cm³/mol. The molecule has 4 aromatic rings. The fourth-order valence-corrected chi connectivity index (χ4v) is 10.4. The summed E-state index contributed by atoms with van der Waals surface area (Å²) in [7, 11) is -3.98. The van der Waals surface area contributed by atoms with Crippen molar-refractivity contribution in [3.05, 3.63) is 66.7 Å². The van der Waals surface area contributed by atoms with E-state index in [9.17, 15) is 40.8 Å². The molecular formula is C44H48F3N7O9S. The average molecular weight is 908 g/mol. The van der Waals surface area contributed by atoms with Crippen LogP contribution in [0.1, 0.15) is 83.5 Å². The lowest BCUT2D eigenvalue weighted by Crippen LogP contribution is -2.58. The molecule has 340 valence electrons.